The van der Waals surface area contributed by atoms with Gasteiger partial charge in [-0.2, -0.15) is 13.2 Å². The van der Waals surface area contributed by atoms with Crippen LogP contribution in [-0.2, 0) is 9.53 Å². The van der Waals surface area contributed by atoms with Gasteiger partial charge in [0.1, 0.15) is 6.29 Å². The Kier molecular flexibility index (Phi) is 6.39. The van der Waals surface area contributed by atoms with Crippen LogP contribution in [0, 0.1) is 6.92 Å². The number of nitrogens with zero attached hydrogens (tertiary/aromatic N) is 1. The third-order valence-corrected chi connectivity index (χ3v) is 3.11. The molecule has 0 spiro atoms. The van der Waals surface area contributed by atoms with Crippen molar-refractivity contribution in [1.82, 2.24) is 0 Å². The molecule has 0 saturated carbocycles. The van der Waals surface area contributed by atoms with Crippen LogP contribution < -0.4 is 4.90 Å². The van der Waals surface area contributed by atoms with Gasteiger partial charge in [0, 0.05) is 24.3 Å². The Morgan fingerprint density at radius 3 is 2.55 bits per heavy atom. The first kappa shape index (κ1) is 18.0. The topological polar surface area (TPSA) is 46.6 Å². The van der Waals surface area contributed by atoms with Crippen LogP contribution in [0.3, 0.4) is 0 Å². The van der Waals surface area contributed by atoms with Crippen LogP contribution >= 0.6 is 0 Å². The maximum Gasteiger partial charge on any atom is 0.422 e. The maximum atomic E-state index is 11.9. The molecule has 0 atom stereocenters. The second-order valence-electron chi connectivity index (χ2n) is 4.76. The van der Waals surface area contributed by atoms with Crippen LogP contribution in [-0.4, -0.2) is 38.1 Å². The van der Waals surface area contributed by atoms with Gasteiger partial charge in [0.25, 0.3) is 0 Å². The van der Waals surface area contributed by atoms with E-state index in [-0.39, 0.29) is 13.0 Å². The van der Waals surface area contributed by atoms with Crippen LogP contribution in [0.1, 0.15) is 29.3 Å². The van der Waals surface area contributed by atoms with Crippen LogP contribution in [0.15, 0.2) is 18.2 Å². The Morgan fingerprint density at radius 2 is 2.05 bits per heavy atom. The molecule has 1 aromatic carbocycles. The van der Waals surface area contributed by atoms with Gasteiger partial charge in [-0.05, 0) is 37.6 Å². The van der Waals surface area contributed by atoms with Crippen molar-refractivity contribution >= 4 is 17.9 Å². The van der Waals surface area contributed by atoms with Gasteiger partial charge in [-0.15, -0.1) is 0 Å². The third kappa shape index (κ3) is 5.75. The SMILES string of the molecule is CCN(CCC(=O)OCC(F)(F)F)c1ccc(C=O)c(C)c1. The Labute approximate surface area is 126 Å². The first-order valence-corrected chi connectivity index (χ1v) is 6.80. The lowest BCUT2D eigenvalue weighted by atomic mass is 10.1. The van der Waals surface area contributed by atoms with Crippen molar-refractivity contribution in [2.24, 2.45) is 0 Å². The lowest BCUT2D eigenvalue weighted by Gasteiger charge is -2.23. The molecule has 0 N–H and O–H groups in total. The number of rotatable bonds is 7. The van der Waals surface area contributed by atoms with Gasteiger partial charge in [-0.1, -0.05) is 0 Å². The molecule has 0 fully saturated rings. The molecular weight excluding hydrogens is 299 g/mol. The van der Waals surface area contributed by atoms with Gasteiger partial charge in [-0.3, -0.25) is 9.59 Å². The Morgan fingerprint density at radius 1 is 1.36 bits per heavy atom. The highest BCUT2D eigenvalue weighted by atomic mass is 19.4. The zero-order chi connectivity index (χ0) is 16.8. The molecule has 4 nitrogen and oxygen atoms in total. The molecule has 1 rings (SSSR count). The molecule has 1 aromatic rings. The molecule has 0 aliphatic heterocycles. The van der Waals surface area contributed by atoms with E-state index in [4.69, 9.17) is 0 Å². The summed E-state index contributed by atoms with van der Waals surface area (Å²) in [5, 5.41) is 0. The first-order valence-electron chi connectivity index (χ1n) is 6.80. The summed E-state index contributed by atoms with van der Waals surface area (Å²) in [6.45, 7) is 2.91. The number of alkyl halides is 3. The molecule has 0 aliphatic carbocycles. The summed E-state index contributed by atoms with van der Waals surface area (Å²) in [7, 11) is 0. The Hall–Kier alpha value is -2.05. The lowest BCUT2D eigenvalue weighted by molar-refractivity contribution is -0.186. The van der Waals surface area contributed by atoms with Crippen molar-refractivity contribution in [3.05, 3.63) is 29.3 Å². The zero-order valence-electron chi connectivity index (χ0n) is 12.4. The van der Waals surface area contributed by atoms with Gasteiger partial charge in [0.2, 0.25) is 0 Å². The van der Waals surface area contributed by atoms with Crippen molar-refractivity contribution < 1.29 is 27.5 Å². The quantitative estimate of drug-likeness (QED) is 0.572. The Balaban J connectivity index is 2.60. The van der Waals surface area contributed by atoms with Gasteiger partial charge < -0.3 is 9.64 Å². The largest absolute Gasteiger partial charge is 0.456 e. The average Bonchev–Trinajstić information content (AvgIpc) is 2.45. The average molecular weight is 317 g/mol. The minimum atomic E-state index is -4.51. The summed E-state index contributed by atoms with van der Waals surface area (Å²) in [5.41, 5.74) is 2.17. The number of aldehydes is 1. The van der Waals surface area contributed by atoms with E-state index in [1.807, 2.05) is 11.8 Å². The van der Waals surface area contributed by atoms with E-state index in [1.165, 1.54) is 0 Å². The van der Waals surface area contributed by atoms with E-state index in [0.717, 1.165) is 17.5 Å². The highest BCUT2D eigenvalue weighted by Crippen LogP contribution is 2.19. The van der Waals surface area contributed by atoms with E-state index >= 15 is 0 Å². The van der Waals surface area contributed by atoms with Crippen LogP contribution in [0.25, 0.3) is 0 Å². The summed E-state index contributed by atoms with van der Waals surface area (Å²) in [5.74, 6) is -0.892. The molecule has 0 bridgehead atoms. The summed E-state index contributed by atoms with van der Waals surface area (Å²) < 4.78 is 40.0. The minimum absolute atomic E-state index is 0.140. The predicted octanol–water partition coefficient (Wildman–Crippen LogP) is 3.13. The zero-order valence-corrected chi connectivity index (χ0v) is 12.4. The standard InChI is InChI=1S/C15H18F3NO3/c1-3-19(7-6-14(21)22-10-15(16,17)18)13-5-4-12(9-20)11(2)8-13/h4-5,8-9H,3,6-7,10H2,1-2H3. The number of esters is 1. The van der Waals surface area contributed by atoms with E-state index < -0.39 is 18.8 Å². The van der Waals surface area contributed by atoms with E-state index in [1.54, 1.807) is 25.1 Å². The molecule has 7 heteroatoms. The van der Waals surface area contributed by atoms with Crippen molar-refractivity contribution in [2.45, 2.75) is 26.4 Å². The molecule has 0 unspecified atom stereocenters. The maximum absolute atomic E-state index is 11.9. The number of aryl methyl sites for hydroxylation is 1. The van der Waals surface area contributed by atoms with Gasteiger partial charge in [0.15, 0.2) is 6.61 Å². The van der Waals surface area contributed by atoms with E-state index in [9.17, 15) is 22.8 Å². The van der Waals surface area contributed by atoms with Gasteiger partial charge in [0.05, 0.1) is 6.42 Å². The molecule has 0 saturated heterocycles. The molecule has 122 valence electrons. The number of benzene rings is 1. The first-order chi connectivity index (χ1) is 10.3. The summed E-state index contributed by atoms with van der Waals surface area (Å²) in [6, 6.07) is 5.21. The number of ether oxygens (including phenoxy) is 1. The number of hydrogen-bond donors (Lipinski definition) is 0. The fraction of sp³-hybridized carbons (Fsp3) is 0.467. The number of halogens is 3. The normalized spacial score (nSPS) is 11.1. The monoisotopic (exact) mass is 317 g/mol. The second kappa shape index (κ2) is 7.82. The number of anilines is 1. The van der Waals surface area contributed by atoms with Crippen molar-refractivity contribution in [2.75, 3.05) is 24.6 Å². The number of carbonyl (C=O) groups is 2. The van der Waals surface area contributed by atoms with Gasteiger partial charge in [-0.25, -0.2) is 0 Å². The summed E-state index contributed by atoms with van der Waals surface area (Å²) >= 11 is 0. The van der Waals surface area contributed by atoms with Crippen molar-refractivity contribution in [3.63, 3.8) is 0 Å². The fourth-order valence-corrected chi connectivity index (χ4v) is 1.92. The molecule has 0 radical (unpaired) electrons. The highest BCUT2D eigenvalue weighted by molar-refractivity contribution is 5.78. The summed E-state index contributed by atoms with van der Waals surface area (Å²) in [6.07, 6.45) is -3.90. The summed E-state index contributed by atoms with van der Waals surface area (Å²) in [4.78, 5) is 23.9. The fourth-order valence-electron chi connectivity index (χ4n) is 1.92. The minimum Gasteiger partial charge on any atom is -0.456 e. The molecule has 0 aromatic heterocycles. The van der Waals surface area contributed by atoms with Crippen molar-refractivity contribution in [3.8, 4) is 0 Å². The van der Waals surface area contributed by atoms with Crippen molar-refractivity contribution in [1.29, 1.82) is 0 Å². The third-order valence-electron chi connectivity index (χ3n) is 3.11. The second-order valence-corrected chi connectivity index (χ2v) is 4.76. The van der Waals surface area contributed by atoms with Crippen LogP contribution in [0.4, 0.5) is 18.9 Å². The molecular formula is C15H18F3NO3. The predicted molar refractivity (Wildman–Crippen MR) is 76.1 cm³/mol. The Bertz CT molecular complexity index is 529. The van der Waals surface area contributed by atoms with Crippen LogP contribution in [0.2, 0.25) is 0 Å². The van der Waals surface area contributed by atoms with E-state index in [0.29, 0.717) is 12.1 Å². The molecule has 0 amide bonds. The smallest absolute Gasteiger partial charge is 0.422 e. The number of hydrogen-bond acceptors (Lipinski definition) is 4. The molecule has 0 heterocycles. The lowest BCUT2D eigenvalue weighted by Crippen LogP contribution is -2.28. The number of carbonyl (C=O) groups excluding carboxylic acids is 2. The highest BCUT2D eigenvalue weighted by Gasteiger charge is 2.29. The molecule has 0 aliphatic rings. The molecule has 22 heavy (non-hydrogen) atoms. The van der Waals surface area contributed by atoms with Gasteiger partial charge >= 0.3 is 12.1 Å². The van der Waals surface area contributed by atoms with Crippen LogP contribution in [0.5, 0.6) is 0 Å². The van der Waals surface area contributed by atoms with E-state index in [2.05, 4.69) is 4.74 Å².